The second-order valence-electron chi connectivity index (χ2n) is 3.87. The summed E-state index contributed by atoms with van der Waals surface area (Å²) in [5, 5.41) is 8.71. The van der Waals surface area contributed by atoms with Crippen molar-refractivity contribution in [3.63, 3.8) is 0 Å². The summed E-state index contributed by atoms with van der Waals surface area (Å²) >= 11 is 0. The Kier molecular flexibility index (Phi) is 3.02. The van der Waals surface area contributed by atoms with Crippen molar-refractivity contribution in [2.75, 3.05) is 12.9 Å². The van der Waals surface area contributed by atoms with Crippen molar-refractivity contribution in [3.05, 3.63) is 23.3 Å². The number of hydrogen-bond donors (Lipinski definition) is 2. The average molecular weight is 237 g/mol. The van der Waals surface area contributed by atoms with Crippen molar-refractivity contribution in [1.82, 2.24) is 0 Å². The molecule has 3 nitrogen and oxygen atoms in total. The lowest BCUT2D eigenvalue weighted by atomic mass is 9.96. The Morgan fingerprint density at radius 2 is 2.20 bits per heavy atom. The van der Waals surface area contributed by atoms with Crippen LogP contribution in [0.25, 0.3) is 0 Å². The summed E-state index contributed by atoms with van der Waals surface area (Å²) in [6, 6.07) is 0. The Hall–Kier alpha value is -0.750. The normalized spacial score (nSPS) is 31.1. The zero-order valence-corrected chi connectivity index (χ0v) is 9.33. The first-order valence-electron chi connectivity index (χ1n) is 4.32. The molecule has 86 valence electrons. The Labute approximate surface area is 87.5 Å². The molecule has 2 atom stereocenters. The van der Waals surface area contributed by atoms with E-state index in [2.05, 4.69) is 0 Å². The van der Waals surface area contributed by atoms with Crippen molar-refractivity contribution in [2.24, 2.45) is 0 Å². The van der Waals surface area contributed by atoms with Gasteiger partial charge in [0.1, 0.15) is 11.7 Å². The fraction of sp³-hybridized carbons (Fsp3) is 0.556. The first kappa shape index (κ1) is 12.3. The topological polar surface area (TPSA) is 61.2 Å². The van der Waals surface area contributed by atoms with Gasteiger partial charge in [0, 0.05) is 18.2 Å². The van der Waals surface area contributed by atoms with Crippen LogP contribution in [0.5, 0.6) is 0 Å². The van der Waals surface area contributed by atoms with Crippen LogP contribution in [0.15, 0.2) is 23.3 Å². The first-order valence-corrected chi connectivity index (χ1v) is 6.28. The summed E-state index contributed by atoms with van der Waals surface area (Å²) in [4.78, 5) is 0. The van der Waals surface area contributed by atoms with E-state index in [1.807, 2.05) is 0 Å². The van der Waals surface area contributed by atoms with Gasteiger partial charge >= 0.3 is 0 Å². The van der Waals surface area contributed by atoms with Crippen molar-refractivity contribution in [2.45, 2.75) is 18.1 Å². The maximum absolute atomic E-state index is 13.4. The quantitative estimate of drug-likeness (QED) is 0.770. The largest absolute Gasteiger partial charge is 0.391 e. The highest BCUT2D eigenvalue weighted by atomic mass is 32.2. The van der Waals surface area contributed by atoms with E-state index >= 15 is 0 Å². The van der Waals surface area contributed by atoms with Gasteiger partial charge in [-0.3, -0.25) is 4.78 Å². The van der Waals surface area contributed by atoms with Crippen molar-refractivity contribution in [3.8, 4) is 0 Å². The molecule has 0 aromatic carbocycles. The zero-order valence-electron chi connectivity index (χ0n) is 8.51. The average Bonchev–Trinajstić information content (AvgIpc) is 2.00. The molecule has 15 heavy (non-hydrogen) atoms. The summed E-state index contributed by atoms with van der Waals surface area (Å²) in [5.74, 6) is -1.76. The summed E-state index contributed by atoms with van der Waals surface area (Å²) in [5.41, 5.74) is -0.406. The maximum atomic E-state index is 13.4. The fourth-order valence-corrected chi connectivity index (χ4v) is 2.09. The third-order valence-corrected chi connectivity index (χ3v) is 4.64. The summed E-state index contributed by atoms with van der Waals surface area (Å²) in [6.45, 7) is 0.642. The highest BCUT2D eigenvalue weighted by Gasteiger charge is 2.37. The van der Waals surface area contributed by atoms with Gasteiger partial charge in [-0.05, 0) is 13.0 Å². The van der Waals surface area contributed by atoms with Gasteiger partial charge in [-0.15, -0.1) is 0 Å². The van der Waals surface area contributed by atoms with E-state index in [0.29, 0.717) is 0 Å². The molecule has 0 radical (unpaired) electrons. The van der Waals surface area contributed by atoms with E-state index in [1.54, 1.807) is 0 Å². The molecule has 0 saturated carbocycles. The van der Waals surface area contributed by atoms with Crippen molar-refractivity contribution >= 4 is 9.73 Å². The number of nitrogens with one attached hydrogen (secondary N) is 1. The van der Waals surface area contributed by atoms with Gasteiger partial charge in [0.25, 0.3) is 0 Å². The lowest BCUT2D eigenvalue weighted by Crippen LogP contribution is -2.34. The second kappa shape index (κ2) is 3.68. The molecule has 0 aromatic heterocycles. The third kappa shape index (κ3) is 2.10. The number of rotatable bonds is 2. The summed E-state index contributed by atoms with van der Waals surface area (Å²) in [6.07, 6.45) is 1.81. The highest BCUT2D eigenvalue weighted by Crippen LogP contribution is 2.37. The van der Waals surface area contributed by atoms with Crippen LogP contribution in [-0.4, -0.2) is 26.9 Å². The van der Waals surface area contributed by atoms with Crippen LogP contribution in [-0.2, 0) is 9.73 Å². The van der Waals surface area contributed by atoms with Gasteiger partial charge in [-0.2, -0.15) is 0 Å². The van der Waals surface area contributed by atoms with Gasteiger partial charge in [0.2, 0.25) is 0 Å². The number of allylic oxidation sites excluding steroid dienone is 1. The van der Waals surface area contributed by atoms with Crippen LogP contribution >= 0.6 is 0 Å². The highest BCUT2D eigenvalue weighted by molar-refractivity contribution is 7.93. The number of aliphatic hydroxyl groups excluding tert-OH is 1. The standard InChI is InChI=1S/C9H13F2NO2S/c1-9(15(2,12)14)3-7(10)6(5-13)8(11)4-9/h3,12-13H,4-5H2,1-2H3. The molecule has 2 unspecified atom stereocenters. The number of hydrogen-bond acceptors (Lipinski definition) is 3. The molecule has 0 amide bonds. The first-order chi connectivity index (χ1) is 6.71. The second-order valence-corrected chi connectivity index (χ2v) is 6.49. The maximum Gasteiger partial charge on any atom is 0.128 e. The number of aliphatic hydroxyl groups is 1. The lowest BCUT2D eigenvalue weighted by molar-refractivity contribution is 0.317. The molecule has 6 heteroatoms. The van der Waals surface area contributed by atoms with Crippen LogP contribution in [0.1, 0.15) is 13.3 Å². The molecule has 1 aliphatic carbocycles. The molecule has 0 bridgehead atoms. The molecule has 0 saturated heterocycles. The molecule has 2 N–H and O–H groups in total. The molecule has 0 aliphatic heterocycles. The van der Waals surface area contributed by atoms with Crippen LogP contribution in [0.4, 0.5) is 8.78 Å². The molecule has 0 fully saturated rings. The minimum absolute atomic E-state index is 0.310. The van der Waals surface area contributed by atoms with E-state index in [0.717, 1.165) is 12.3 Å². The molecule has 1 aliphatic rings. The minimum Gasteiger partial charge on any atom is -0.391 e. The van der Waals surface area contributed by atoms with Gasteiger partial charge in [-0.1, -0.05) is 0 Å². The van der Waals surface area contributed by atoms with E-state index in [9.17, 15) is 13.0 Å². The van der Waals surface area contributed by atoms with E-state index in [1.165, 1.54) is 6.92 Å². The Morgan fingerprint density at radius 3 is 2.53 bits per heavy atom. The Balaban J connectivity index is 3.25. The molecule has 1 rings (SSSR count). The van der Waals surface area contributed by atoms with Gasteiger partial charge in [0.15, 0.2) is 0 Å². The third-order valence-electron chi connectivity index (χ3n) is 2.60. The molecular weight excluding hydrogens is 224 g/mol. The summed E-state index contributed by atoms with van der Waals surface area (Å²) in [7, 11) is -3.10. The van der Waals surface area contributed by atoms with E-state index < -0.39 is 38.3 Å². The lowest BCUT2D eigenvalue weighted by Gasteiger charge is -2.29. The monoisotopic (exact) mass is 237 g/mol. The molecular formula is C9H13F2NO2S. The molecule has 0 aromatic rings. The SMILES string of the molecule is CC1(S(C)(=N)=O)C=C(F)C(CO)=C(F)C1. The van der Waals surface area contributed by atoms with Crippen LogP contribution < -0.4 is 0 Å². The zero-order chi connectivity index (χ0) is 11.9. The van der Waals surface area contributed by atoms with Gasteiger partial charge < -0.3 is 5.11 Å². The van der Waals surface area contributed by atoms with E-state index in [-0.39, 0.29) is 6.42 Å². The predicted octanol–water partition coefficient (Wildman–Crippen LogP) is 1.89. The van der Waals surface area contributed by atoms with Crippen molar-refractivity contribution < 1.29 is 18.1 Å². The number of halogens is 2. The van der Waals surface area contributed by atoms with Crippen LogP contribution in [0, 0.1) is 4.78 Å². The Morgan fingerprint density at radius 1 is 1.67 bits per heavy atom. The smallest absolute Gasteiger partial charge is 0.128 e. The molecule has 0 heterocycles. The van der Waals surface area contributed by atoms with Gasteiger partial charge in [0.05, 0.1) is 21.1 Å². The van der Waals surface area contributed by atoms with Gasteiger partial charge in [-0.25, -0.2) is 13.0 Å². The summed E-state index contributed by atoms with van der Waals surface area (Å²) < 4.78 is 44.3. The minimum atomic E-state index is -3.10. The predicted molar refractivity (Wildman–Crippen MR) is 54.2 cm³/mol. The van der Waals surface area contributed by atoms with E-state index in [4.69, 9.17) is 9.89 Å². The fourth-order valence-electron chi connectivity index (χ4n) is 1.36. The van der Waals surface area contributed by atoms with Crippen LogP contribution in [0.2, 0.25) is 0 Å². The van der Waals surface area contributed by atoms with Crippen molar-refractivity contribution in [1.29, 1.82) is 4.78 Å². The molecule has 0 spiro atoms. The Bertz CT molecular complexity index is 439. The van der Waals surface area contributed by atoms with Crippen LogP contribution in [0.3, 0.4) is 0 Å².